The van der Waals surface area contributed by atoms with Gasteiger partial charge < -0.3 is 9.73 Å². The lowest BCUT2D eigenvalue weighted by molar-refractivity contribution is -0.384. The summed E-state index contributed by atoms with van der Waals surface area (Å²) in [5.41, 5.74) is -1.21. The average molecular weight is 336 g/mol. The van der Waals surface area contributed by atoms with Crippen LogP contribution in [-0.4, -0.2) is 15.8 Å². The van der Waals surface area contributed by atoms with Crippen molar-refractivity contribution in [3.63, 3.8) is 0 Å². The topological polar surface area (TPSA) is 139 Å². The summed E-state index contributed by atoms with van der Waals surface area (Å²) in [7, 11) is 0. The Morgan fingerprint density at radius 3 is 2.80 bits per heavy atom. The maximum absolute atomic E-state index is 12.3. The second-order valence-corrected chi connectivity index (χ2v) is 4.90. The first-order valence-electron chi connectivity index (χ1n) is 6.89. The van der Waals surface area contributed by atoms with E-state index in [1.54, 1.807) is 0 Å². The molecule has 122 valence electrons. The fraction of sp³-hybridized carbons (Fsp3) is 0. The highest BCUT2D eigenvalue weighted by molar-refractivity contribution is 6.05. The number of nitrogens with one attached hydrogen (secondary N) is 1. The lowest BCUT2D eigenvalue weighted by atomic mass is 10.1. The van der Waals surface area contributed by atoms with Crippen molar-refractivity contribution in [2.45, 2.75) is 0 Å². The van der Waals surface area contributed by atoms with Crippen LogP contribution in [0.4, 0.5) is 11.5 Å². The molecule has 25 heavy (non-hydrogen) atoms. The van der Waals surface area contributed by atoms with Gasteiger partial charge in [0, 0.05) is 17.5 Å². The SMILES string of the molecule is N#Cc1cccc(NC(=O)c2cc3cc([N+](=O)[O-])ccc3oc2=O)n1. The minimum Gasteiger partial charge on any atom is -0.422 e. The molecule has 0 atom stereocenters. The van der Waals surface area contributed by atoms with E-state index in [2.05, 4.69) is 10.3 Å². The lowest BCUT2D eigenvalue weighted by Crippen LogP contribution is -2.21. The quantitative estimate of drug-likeness (QED) is 0.439. The van der Waals surface area contributed by atoms with E-state index in [0.717, 1.165) is 0 Å². The normalized spacial score (nSPS) is 10.2. The largest absolute Gasteiger partial charge is 0.422 e. The molecule has 2 heterocycles. The first kappa shape index (κ1) is 15.8. The molecular formula is C16H8N4O5. The van der Waals surface area contributed by atoms with E-state index < -0.39 is 16.5 Å². The molecule has 0 aliphatic carbocycles. The number of carbonyl (C=O) groups excluding carboxylic acids is 1. The number of hydrogen-bond acceptors (Lipinski definition) is 7. The number of pyridine rings is 1. The monoisotopic (exact) mass is 336 g/mol. The fourth-order valence-electron chi connectivity index (χ4n) is 2.13. The zero-order valence-electron chi connectivity index (χ0n) is 12.4. The van der Waals surface area contributed by atoms with Gasteiger partial charge in [-0.1, -0.05) is 6.07 Å². The number of amides is 1. The lowest BCUT2D eigenvalue weighted by Gasteiger charge is -2.04. The number of anilines is 1. The number of benzene rings is 1. The number of fused-ring (bicyclic) bond motifs is 1. The van der Waals surface area contributed by atoms with Gasteiger partial charge in [0.2, 0.25) is 0 Å². The number of non-ortho nitro benzene ring substituents is 1. The highest BCUT2D eigenvalue weighted by atomic mass is 16.6. The van der Waals surface area contributed by atoms with Crippen LogP contribution in [0.25, 0.3) is 11.0 Å². The molecule has 3 rings (SSSR count). The van der Waals surface area contributed by atoms with Crippen molar-refractivity contribution in [2.75, 3.05) is 5.32 Å². The van der Waals surface area contributed by atoms with Crippen molar-refractivity contribution >= 4 is 28.4 Å². The Morgan fingerprint density at radius 2 is 2.08 bits per heavy atom. The van der Waals surface area contributed by atoms with E-state index in [0.29, 0.717) is 0 Å². The molecule has 1 N–H and O–H groups in total. The maximum atomic E-state index is 12.3. The second-order valence-electron chi connectivity index (χ2n) is 4.90. The molecule has 9 nitrogen and oxygen atoms in total. The molecule has 0 saturated heterocycles. The molecule has 1 amide bonds. The Hall–Kier alpha value is -4.06. The summed E-state index contributed by atoms with van der Waals surface area (Å²) in [6.07, 6.45) is 0. The van der Waals surface area contributed by atoms with E-state index in [9.17, 15) is 19.7 Å². The average Bonchev–Trinajstić information content (AvgIpc) is 2.60. The minimum atomic E-state index is -0.893. The third-order valence-corrected chi connectivity index (χ3v) is 3.28. The molecule has 0 aliphatic rings. The fourth-order valence-corrected chi connectivity index (χ4v) is 2.13. The van der Waals surface area contributed by atoms with Crippen molar-refractivity contribution in [2.24, 2.45) is 0 Å². The zero-order chi connectivity index (χ0) is 18.0. The van der Waals surface area contributed by atoms with Crippen LogP contribution in [0.1, 0.15) is 16.1 Å². The molecular weight excluding hydrogens is 328 g/mol. The highest BCUT2D eigenvalue weighted by Crippen LogP contribution is 2.20. The Balaban J connectivity index is 2.00. The molecule has 0 bridgehead atoms. The summed E-state index contributed by atoms with van der Waals surface area (Å²) < 4.78 is 5.02. The van der Waals surface area contributed by atoms with Crippen LogP contribution in [0, 0.1) is 21.4 Å². The van der Waals surface area contributed by atoms with Gasteiger partial charge in [-0.15, -0.1) is 0 Å². The summed E-state index contributed by atoms with van der Waals surface area (Å²) in [4.78, 5) is 38.3. The van der Waals surface area contributed by atoms with Gasteiger partial charge in [-0.05, 0) is 24.3 Å². The molecule has 0 saturated carbocycles. The van der Waals surface area contributed by atoms with Gasteiger partial charge in [0.15, 0.2) is 0 Å². The van der Waals surface area contributed by atoms with Gasteiger partial charge in [-0.3, -0.25) is 14.9 Å². The molecule has 1 aromatic carbocycles. The maximum Gasteiger partial charge on any atom is 0.349 e. The molecule has 0 aliphatic heterocycles. The third-order valence-electron chi connectivity index (χ3n) is 3.28. The molecule has 9 heteroatoms. The predicted molar refractivity (Wildman–Crippen MR) is 86.0 cm³/mol. The zero-order valence-corrected chi connectivity index (χ0v) is 12.4. The second kappa shape index (κ2) is 6.21. The molecule has 0 unspecified atom stereocenters. The van der Waals surface area contributed by atoms with Crippen LogP contribution in [-0.2, 0) is 0 Å². The molecule has 0 radical (unpaired) electrons. The number of carbonyl (C=O) groups is 1. The van der Waals surface area contributed by atoms with Gasteiger partial charge >= 0.3 is 5.63 Å². The Kier molecular flexibility index (Phi) is 3.93. The van der Waals surface area contributed by atoms with Crippen LogP contribution in [0.15, 0.2) is 51.7 Å². The number of nitrogens with zero attached hydrogens (tertiary/aromatic N) is 3. The van der Waals surface area contributed by atoms with Crippen molar-refractivity contribution in [3.05, 3.63) is 74.3 Å². The van der Waals surface area contributed by atoms with E-state index in [-0.39, 0.29) is 33.7 Å². The van der Waals surface area contributed by atoms with Crippen molar-refractivity contribution < 1.29 is 14.1 Å². The summed E-state index contributed by atoms with van der Waals surface area (Å²) in [5.74, 6) is -0.715. The van der Waals surface area contributed by atoms with Crippen LogP contribution in [0.2, 0.25) is 0 Å². The Morgan fingerprint density at radius 1 is 1.28 bits per heavy atom. The number of nitro groups is 1. The smallest absolute Gasteiger partial charge is 0.349 e. The molecule has 2 aromatic heterocycles. The number of rotatable bonds is 3. The van der Waals surface area contributed by atoms with Crippen LogP contribution in [0.3, 0.4) is 0 Å². The summed E-state index contributed by atoms with van der Waals surface area (Å²) in [6.45, 7) is 0. The van der Waals surface area contributed by atoms with Gasteiger partial charge in [-0.2, -0.15) is 5.26 Å². The van der Waals surface area contributed by atoms with Gasteiger partial charge in [0.1, 0.15) is 28.7 Å². The number of nitro benzene ring substituents is 1. The molecule has 0 spiro atoms. The number of aromatic nitrogens is 1. The van der Waals surface area contributed by atoms with Crippen LogP contribution < -0.4 is 10.9 Å². The molecule has 0 fully saturated rings. The first-order valence-corrected chi connectivity index (χ1v) is 6.89. The molecule has 3 aromatic rings. The van der Waals surface area contributed by atoms with E-state index >= 15 is 0 Å². The van der Waals surface area contributed by atoms with Crippen molar-refractivity contribution in [3.8, 4) is 6.07 Å². The van der Waals surface area contributed by atoms with E-state index in [1.807, 2.05) is 6.07 Å². The summed E-state index contributed by atoms with van der Waals surface area (Å²) in [5, 5.41) is 22.2. The number of nitriles is 1. The predicted octanol–water partition coefficient (Wildman–Crippen LogP) is 2.22. The number of hydrogen-bond donors (Lipinski definition) is 1. The van der Waals surface area contributed by atoms with Crippen molar-refractivity contribution in [1.29, 1.82) is 5.26 Å². The van der Waals surface area contributed by atoms with E-state index in [1.165, 1.54) is 42.5 Å². The first-order chi connectivity index (χ1) is 12.0. The van der Waals surface area contributed by atoms with Crippen LogP contribution >= 0.6 is 0 Å². The highest BCUT2D eigenvalue weighted by Gasteiger charge is 2.16. The standard InChI is InChI=1S/C16H8N4O5/c17-8-10-2-1-3-14(18-10)19-15(21)12-7-9-6-11(20(23)24)4-5-13(9)25-16(12)22/h1-7H,(H,18,19,21). The van der Waals surface area contributed by atoms with Crippen molar-refractivity contribution in [1.82, 2.24) is 4.98 Å². The van der Waals surface area contributed by atoms with Gasteiger partial charge in [0.25, 0.3) is 11.6 Å². The van der Waals surface area contributed by atoms with Crippen LogP contribution in [0.5, 0.6) is 0 Å². The van der Waals surface area contributed by atoms with Gasteiger partial charge in [0.05, 0.1) is 4.92 Å². The van der Waals surface area contributed by atoms with E-state index in [4.69, 9.17) is 9.68 Å². The Labute approximate surface area is 139 Å². The summed E-state index contributed by atoms with van der Waals surface area (Å²) in [6, 6.07) is 11.1. The van der Waals surface area contributed by atoms with Gasteiger partial charge in [-0.25, -0.2) is 9.78 Å². The summed E-state index contributed by atoms with van der Waals surface area (Å²) >= 11 is 0. The minimum absolute atomic E-state index is 0.0857. The Bertz CT molecular complexity index is 1110. The third kappa shape index (κ3) is 3.18.